The molecule has 0 saturated carbocycles. The van der Waals surface area contributed by atoms with Gasteiger partial charge < -0.3 is 14.6 Å². The summed E-state index contributed by atoms with van der Waals surface area (Å²) >= 11 is 1.25. The number of carbonyl (C=O) groups excluding carboxylic acids is 1. The maximum atomic E-state index is 12.9. The number of thioether (sulfide) groups is 1. The lowest BCUT2D eigenvalue weighted by molar-refractivity contribution is -0.115. The van der Waals surface area contributed by atoms with Crippen LogP contribution in [0.1, 0.15) is 26.1 Å². The Hall–Kier alpha value is -3.11. The minimum Gasteiger partial charge on any atom is -0.494 e. The molecule has 10 heteroatoms. The number of sulfone groups is 1. The van der Waals surface area contributed by atoms with E-state index >= 15 is 0 Å². The van der Waals surface area contributed by atoms with E-state index in [9.17, 15) is 13.2 Å². The summed E-state index contributed by atoms with van der Waals surface area (Å²) in [5.41, 5.74) is 0.662. The highest BCUT2D eigenvalue weighted by Gasteiger charge is 2.25. The number of aromatic nitrogens is 3. The Labute approximate surface area is 204 Å². The van der Waals surface area contributed by atoms with Crippen LogP contribution >= 0.6 is 11.8 Å². The van der Waals surface area contributed by atoms with E-state index in [0.29, 0.717) is 36.2 Å². The Morgan fingerprint density at radius 2 is 1.85 bits per heavy atom. The SMILES string of the molecule is C=CCn1c(CS(=O)(=O)c2ccccc2)nnc1SC(CC)C(=O)Nc1ccc(OCC)cc1. The predicted octanol–water partition coefficient (Wildman–Crippen LogP) is 4.35. The molecule has 1 aromatic heterocycles. The number of allylic oxidation sites excluding steroid dienone is 1. The van der Waals surface area contributed by atoms with Gasteiger partial charge in [-0.1, -0.05) is 43.0 Å². The summed E-state index contributed by atoms with van der Waals surface area (Å²) in [4.78, 5) is 13.1. The molecule has 0 spiro atoms. The number of nitrogens with zero attached hydrogens (tertiary/aromatic N) is 3. The third-order valence-electron chi connectivity index (χ3n) is 4.87. The first-order valence-corrected chi connectivity index (χ1v) is 13.4. The molecule has 3 aromatic rings. The predicted molar refractivity (Wildman–Crippen MR) is 134 cm³/mol. The van der Waals surface area contributed by atoms with Crippen LogP contribution in [-0.2, 0) is 26.9 Å². The number of nitrogens with one attached hydrogen (secondary N) is 1. The Morgan fingerprint density at radius 1 is 1.15 bits per heavy atom. The zero-order valence-corrected chi connectivity index (χ0v) is 20.8. The lowest BCUT2D eigenvalue weighted by Crippen LogP contribution is -2.25. The molecule has 1 amide bonds. The molecule has 0 aliphatic carbocycles. The smallest absolute Gasteiger partial charge is 0.237 e. The van der Waals surface area contributed by atoms with Crippen molar-refractivity contribution in [1.82, 2.24) is 14.8 Å². The molecule has 0 radical (unpaired) electrons. The molecule has 0 bridgehead atoms. The maximum Gasteiger partial charge on any atom is 0.237 e. The van der Waals surface area contributed by atoms with E-state index in [4.69, 9.17) is 4.74 Å². The third-order valence-corrected chi connectivity index (χ3v) is 7.84. The Balaban J connectivity index is 1.76. The van der Waals surface area contributed by atoms with Crippen LogP contribution in [-0.4, -0.2) is 40.9 Å². The van der Waals surface area contributed by atoms with Gasteiger partial charge in [-0.3, -0.25) is 4.79 Å². The zero-order chi connectivity index (χ0) is 24.6. The average Bonchev–Trinajstić information content (AvgIpc) is 3.19. The van der Waals surface area contributed by atoms with Gasteiger partial charge in [0.15, 0.2) is 15.0 Å². The fourth-order valence-corrected chi connectivity index (χ4v) is 5.45. The van der Waals surface area contributed by atoms with E-state index in [1.807, 2.05) is 13.8 Å². The first kappa shape index (κ1) is 25.5. The fourth-order valence-electron chi connectivity index (χ4n) is 3.18. The van der Waals surface area contributed by atoms with Gasteiger partial charge in [-0.25, -0.2) is 8.42 Å². The summed E-state index contributed by atoms with van der Waals surface area (Å²) in [5, 5.41) is 11.2. The van der Waals surface area contributed by atoms with E-state index in [0.717, 1.165) is 5.75 Å². The Morgan fingerprint density at radius 3 is 2.47 bits per heavy atom. The topological polar surface area (TPSA) is 103 Å². The van der Waals surface area contributed by atoms with Crippen molar-refractivity contribution >= 4 is 33.2 Å². The van der Waals surface area contributed by atoms with Gasteiger partial charge in [0, 0.05) is 12.2 Å². The molecule has 0 aliphatic heterocycles. The molecular formula is C24H28N4O4S2. The van der Waals surface area contributed by atoms with Gasteiger partial charge in [0.1, 0.15) is 17.3 Å². The molecule has 2 aromatic carbocycles. The molecule has 0 saturated heterocycles. The molecular weight excluding hydrogens is 472 g/mol. The highest BCUT2D eigenvalue weighted by Crippen LogP contribution is 2.27. The number of carbonyl (C=O) groups is 1. The molecule has 0 aliphatic rings. The number of ether oxygens (including phenoxy) is 1. The van der Waals surface area contributed by atoms with Crippen LogP contribution in [0.25, 0.3) is 0 Å². The second-order valence-corrected chi connectivity index (χ2v) is 10.5. The highest BCUT2D eigenvalue weighted by atomic mass is 32.2. The molecule has 1 heterocycles. The third kappa shape index (κ3) is 6.48. The number of benzene rings is 2. The molecule has 3 rings (SSSR count). The van der Waals surface area contributed by atoms with E-state index < -0.39 is 15.1 Å². The number of amides is 1. The second kappa shape index (κ2) is 11.8. The molecule has 0 fully saturated rings. The molecule has 34 heavy (non-hydrogen) atoms. The molecule has 1 atom stereocenters. The van der Waals surface area contributed by atoms with Crippen LogP contribution in [0.2, 0.25) is 0 Å². The average molecular weight is 501 g/mol. The number of anilines is 1. The van der Waals surface area contributed by atoms with Gasteiger partial charge in [-0.05, 0) is 49.7 Å². The van der Waals surface area contributed by atoms with Gasteiger partial charge >= 0.3 is 0 Å². The van der Waals surface area contributed by atoms with Crippen molar-refractivity contribution in [3.05, 3.63) is 73.1 Å². The highest BCUT2D eigenvalue weighted by molar-refractivity contribution is 8.00. The van der Waals surface area contributed by atoms with E-state index in [-0.39, 0.29) is 16.6 Å². The van der Waals surface area contributed by atoms with Crippen molar-refractivity contribution in [1.29, 1.82) is 0 Å². The first-order chi connectivity index (χ1) is 16.4. The molecule has 1 unspecified atom stereocenters. The Bertz CT molecular complexity index is 1210. The quantitative estimate of drug-likeness (QED) is 0.291. The van der Waals surface area contributed by atoms with E-state index in [1.54, 1.807) is 65.2 Å². The monoisotopic (exact) mass is 500 g/mol. The molecule has 8 nitrogen and oxygen atoms in total. The standard InChI is InChI=1S/C24H28N4O4S2/c1-4-16-28-22(17-34(30,31)20-10-8-7-9-11-20)26-27-24(28)33-21(5-2)23(29)25-18-12-14-19(15-13-18)32-6-3/h4,7-15,21H,1,5-6,16-17H2,2-3H3,(H,25,29). The fraction of sp³-hybridized carbons (Fsp3) is 0.292. The minimum atomic E-state index is -3.60. The van der Waals surface area contributed by atoms with Crippen LogP contribution in [0.15, 0.2) is 77.3 Å². The van der Waals surface area contributed by atoms with Crippen molar-refractivity contribution in [3.63, 3.8) is 0 Å². The van der Waals surface area contributed by atoms with Crippen molar-refractivity contribution in [2.45, 2.75) is 47.9 Å². The van der Waals surface area contributed by atoms with Gasteiger partial charge in [-0.2, -0.15) is 0 Å². The lowest BCUT2D eigenvalue weighted by atomic mass is 10.2. The van der Waals surface area contributed by atoms with E-state index in [2.05, 4.69) is 22.1 Å². The summed E-state index contributed by atoms with van der Waals surface area (Å²) in [7, 11) is -3.60. The summed E-state index contributed by atoms with van der Waals surface area (Å²) in [6.07, 6.45) is 2.19. The first-order valence-electron chi connectivity index (χ1n) is 10.9. The van der Waals surface area contributed by atoms with Crippen LogP contribution in [0.4, 0.5) is 5.69 Å². The second-order valence-electron chi connectivity index (χ2n) is 7.33. The number of hydrogen-bond donors (Lipinski definition) is 1. The van der Waals surface area contributed by atoms with Crippen LogP contribution in [0.5, 0.6) is 5.75 Å². The minimum absolute atomic E-state index is 0.178. The maximum absolute atomic E-state index is 12.9. The normalized spacial score (nSPS) is 12.2. The zero-order valence-electron chi connectivity index (χ0n) is 19.2. The largest absolute Gasteiger partial charge is 0.494 e. The Kier molecular flexibility index (Phi) is 8.89. The van der Waals surface area contributed by atoms with Crippen molar-refractivity contribution in [2.75, 3.05) is 11.9 Å². The van der Waals surface area contributed by atoms with Crippen LogP contribution < -0.4 is 10.1 Å². The van der Waals surface area contributed by atoms with Crippen LogP contribution in [0, 0.1) is 0 Å². The summed E-state index contributed by atoms with van der Waals surface area (Å²) in [6, 6.07) is 15.4. The van der Waals surface area contributed by atoms with Crippen LogP contribution in [0.3, 0.4) is 0 Å². The summed E-state index contributed by atoms with van der Waals surface area (Å²) < 4.78 is 32.8. The van der Waals surface area contributed by atoms with Crippen molar-refractivity contribution < 1.29 is 17.9 Å². The van der Waals surface area contributed by atoms with E-state index in [1.165, 1.54) is 11.8 Å². The molecule has 180 valence electrons. The number of rotatable bonds is 12. The van der Waals surface area contributed by atoms with Gasteiger partial charge in [0.25, 0.3) is 0 Å². The van der Waals surface area contributed by atoms with Gasteiger partial charge in [0.2, 0.25) is 5.91 Å². The van der Waals surface area contributed by atoms with Crippen molar-refractivity contribution in [2.24, 2.45) is 0 Å². The van der Waals surface area contributed by atoms with Gasteiger partial charge in [0.05, 0.1) is 16.8 Å². The van der Waals surface area contributed by atoms with Crippen molar-refractivity contribution in [3.8, 4) is 5.75 Å². The lowest BCUT2D eigenvalue weighted by Gasteiger charge is -2.15. The summed E-state index contributed by atoms with van der Waals surface area (Å²) in [6.45, 7) is 8.47. The van der Waals surface area contributed by atoms with Gasteiger partial charge in [-0.15, -0.1) is 16.8 Å². The molecule has 1 N–H and O–H groups in total. The summed E-state index contributed by atoms with van der Waals surface area (Å²) in [5.74, 6) is 0.557. The number of hydrogen-bond acceptors (Lipinski definition) is 7.